The monoisotopic (exact) mass is 296 g/mol. The first-order valence-corrected chi connectivity index (χ1v) is 5.90. The number of thiocarbonyl (C=S) groups is 1. The zero-order chi connectivity index (χ0) is 14.0. The van der Waals surface area contributed by atoms with E-state index >= 15 is 0 Å². The summed E-state index contributed by atoms with van der Waals surface area (Å²) in [5.74, 6) is -1.09. The molecule has 0 bridgehead atoms. The molecule has 2 rings (SSSR count). The Morgan fingerprint density at radius 2 is 2.32 bits per heavy atom. The van der Waals surface area contributed by atoms with Gasteiger partial charge in [-0.2, -0.15) is 5.10 Å². The molecule has 19 heavy (non-hydrogen) atoms. The third-order valence-electron chi connectivity index (χ3n) is 2.38. The Labute approximate surface area is 118 Å². The SMILES string of the molecule is NC(=S)N/N=C/c1c(C(=O)O)[nH]c2ccc(Cl)cc12. The fraction of sp³-hybridized carbons (Fsp3) is 0. The number of benzene rings is 1. The van der Waals surface area contributed by atoms with E-state index in [1.165, 1.54) is 6.21 Å². The van der Waals surface area contributed by atoms with Crippen LogP contribution in [0.25, 0.3) is 10.9 Å². The normalized spacial score (nSPS) is 11.0. The minimum atomic E-state index is -1.09. The summed E-state index contributed by atoms with van der Waals surface area (Å²) in [6.45, 7) is 0. The second kappa shape index (κ2) is 5.25. The van der Waals surface area contributed by atoms with Crippen LogP contribution >= 0.6 is 23.8 Å². The van der Waals surface area contributed by atoms with E-state index in [-0.39, 0.29) is 10.8 Å². The predicted molar refractivity (Wildman–Crippen MR) is 77.8 cm³/mol. The van der Waals surface area contributed by atoms with Crippen LogP contribution in [-0.2, 0) is 0 Å². The van der Waals surface area contributed by atoms with Crippen LogP contribution in [0.5, 0.6) is 0 Å². The van der Waals surface area contributed by atoms with Crippen LogP contribution in [-0.4, -0.2) is 27.4 Å². The van der Waals surface area contributed by atoms with Gasteiger partial charge in [-0.15, -0.1) is 0 Å². The first kappa shape index (κ1) is 13.3. The first-order valence-electron chi connectivity index (χ1n) is 5.12. The smallest absolute Gasteiger partial charge is 0.353 e. The lowest BCUT2D eigenvalue weighted by Gasteiger charge is -1.96. The van der Waals surface area contributed by atoms with E-state index < -0.39 is 5.97 Å². The van der Waals surface area contributed by atoms with Crippen LogP contribution in [0.15, 0.2) is 23.3 Å². The number of aromatic amines is 1. The van der Waals surface area contributed by atoms with Crippen LogP contribution in [0, 0.1) is 0 Å². The second-order valence-corrected chi connectivity index (χ2v) is 4.52. The fourth-order valence-corrected chi connectivity index (χ4v) is 1.87. The number of fused-ring (bicyclic) bond motifs is 1. The molecule has 0 atom stereocenters. The molecule has 2 aromatic rings. The van der Waals surface area contributed by atoms with E-state index in [1.54, 1.807) is 18.2 Å². The molecule has 0 fully saturated rings. The van der Waals surface area contributed by atoms with Crippen LogP contribution in [0.2, 0.25) is 5.02 Å². The lowest BCUT2D eigenvalue weighted by molar-refractivity contribution is 0.0691. The highest BCUT2D eigenvalue weighted by Crippen LogP contribution is 2.24. The molecule has 1 aromatic heterocycles. The van der Waals surface area contributed by atoms with Gasteiger partial charge in [0.2, 0.25) is 0 Å². The van der Waals surface area contributed by atoms with Crippen molar-refractivity contribution in [3.8, 4) is 0 Å². The zero-order valence-corrected chi connectivity index (χ0v) is 11.0. The number of carboxylic acids is 1. The maximum Gasteiger partial charge on any atom is 0.353 e. The molecule has 0 amide bonds. The van der Waals surface area contributed by atoms with Crippen molar-refractivity contribution in [2.45, 2.75) is 0 Å². The molecule has 5 N–H and O–H groups in total. The number of H-pyrrole nitrogens is 1. The number of nitrogens with one attached hydrogen (secondary N) is 2. The Hall–Kier alpha value is -2.12. The number of nitrogens with zero attached hydrogens (tertiary/aromatic N) is 1. The molecule has 0 aliphatic heterocycles. The van der Waals surface area contributed by atoms with Crippen molar-refractivity contribution in [3.05, 3.63) is 34.5 Å². The number of aromatic nitrogens is 1. The Balaban J connectivity index is 2.57. The van der Waals surface area contributed by atoms with Crippen LogP contribution in [0.1, 0.15) is 16.1 Å². The van der Waals surface area contributed by atoms with Crippen molar-refractivity contribution in [1.29, 1.82) is 0 Å². The lowest BCUT2D eigenvalue weighted by atomic mass is 10.1. The van der Waals surface area contributed by atoms with Gasteiger partial charge in [-0.25, -0.2) is 4.79 Å². The van der Waals surface area contributed by atoms with Gasteiger partial charge in [-0.1, -0.05) is 11.6 Å². The standard InChI is InChI=1S/C11H9ClN4O2S/c12-5-1-2-8-6(3-5)7(4-14-16-11(13)19)9(15-8)10(17)18/h1-4,15H,(H,17,18)(H3,13,16,19)/b14-4+. The van der Waals surface area contributed by atoms with E-state index in [2.05, 4.69) is 27.7 Å². The van der Waals surface area contributed by atoms with Gasteiger partial charge in [0.15, 0.2) is 5.11 Å². The Morgan fingerprint density at radius 3 is 2.95 bits per heavy atom. The summed E-state index contributed by atoms with van der Waals surface area (Å²) >= 11 is 10.5. The van der Waals surface area contributed by atoms with Crippen LogP contribution in [0.4, 0.5) is 0 Å². The molecule has 6 nitrogen and oxygen atoms in total. The summed E-state index contributed by atoms with van der Waals surface area (Å²) in [4.78, 5) is 14.0. The molecule has 0 spiro atoms. The minimum absolute atomic E-state index is 0.00833. The first-order chi connectivity index (χ1) is 8.99. The van der Waals surface area contributed by atoms with E-state index in [9.17, 15) is 4.79 Å². The maximum atomic E-state index is 11.2. The quantitative estimate of drug-likeness (QED) is 0.392. The number of hydrogen-bond donors (Lipinski definition) is 4. The van der Waals surface area contributed by atoms with Crippen molar-refractivity contribution in [1.82, 2.24) is 10.4 Å². The summed E-state index contributed by atoms with van der Waals surface area (Å²) in [5, 5.41) is 14.1. The molecule has 0 radical (unpaired) electrons. The maximum absolute atomic E-state index is 11.2. The molecule has 0 aliphatic rings. The number of nitrogens with two attached hydrogens (primary N) is 1. The van der Waals surface area contributed by atoms with Gasteiger partial charge in [0.25, 0.3) is 0 Å². The van der Waals surface area contributed by atoms with Crippen molar-refractivity contribution in [2.75, 3.05) is 0 Å². The van der Waals surface area contributed by atoms with E-state index in [1.807, 2.05) is 0 Å². The molecular weight excluding hydrogens is 288 g/mol. The van der Waals surface area contributed by atoms with Gasteiger partial charge >= 0.3 is 5.97 Å². The van der Waals surface area contributed by atoms with Crippen molar-refractivity contribution in [3.63, 3.8) is 0 Å². The highest BCUT2D eigenvalue weighted by Gasteiger charge is 2.15. The highest BCUT2D eigenvalue weighted by molar-refractivity contribution is 7.80. The molecule has 1 aromatic carbocycles. The largest absolute Gasteiger partial charge is 0.477 e. The molecule has 98 valence electrons. The summed E-state index contributed by atoms with van der Waals surface area (Å²) in [6.07, 6.45) is 1.33. The molecular formula is C11H9ClN4O2S. The minimum Gasteiger partial charge on any atom is -0.477 e. The average molecular weight is 297 g/mol. The predicted octanol–water partition coefficient (Wildman–Crippen LogP) is 1.69. The fourth-order valence-electron chi connectivity index (χ4n) is 1.65. The molecule has 0 saturated heterocycles. The van der Waals surface area contributed by atoms with Gasteiger partial charge in [0, 0.05) is 21.5 Å². The molecule has 1 heterocycles. The highest BCUT2D eigenvalue weighted by atomic mass is 35.5. The number of hydrazone groups is 1. The van der Waals surface area contributed by atoms with Crippen molar-refractivity contribution in [2.24, 2.45) is 10.8 Å². The van der Waals surface area contributed by atoms with E-state index in [4.69, 9.17) is 22.4 Å². The lowest BCUT2D eigenvalue weighted by Crippen LogP contribution is -2.24. The number of rotatable bonds is 3. The Kier molecular flexibility index (Phi) is 3.68. The van der Waals surface area contributed by atoms with Crippen molar-refractivity contribution < 1.29 is 9.90 Å². The van der Waals surface area contributed by atoms with Gasteiger partial charge in [-0.3, -0.25) is 5.43 Å². The van der Waals surface area contributed by atoms with Crippen LogP contribution < -0.4 is 11.2 Å². The number of carboxylic acid groups (broad SMARTS) is 1. The summed E-state index contributed by atoms with van der Waals surface area (Å²) < 4.78 is 0. The Bertz CT molecular complexity index is 695. The third-order valence-corrected chi connectivity index (χ3v) is 2.71. The zero-order valence-electron chi connectivity index (χ0n) is 9.48. The average Bonchev–Trinajstić information content (AvgIpc) is 2.67. The molecule has 0 unspecified atom stereocenters. The third kappa shape index (κ3) is 2.83. The molecule has 0 saturated carbocycles. The van der Waals surface area contributed by atoms with E-state index in [0.29, 0.717) is 21.5 Å². The number of hydrogen-bond acceptors (Lipinski definition) is 3. The topological polar surface area (TPSA) is 104 Å². The molecule has 8 heteroatoms. The number of aromatic carboxylic acids is 1. The Morgan fingerprint density at radius 1 is 1.58 bits per heavy atom. The number of carbonyl (C=O) groups is 1. The summed E-state index contributed by atoms with van der Waals surface area (Å²) in [6, 6.07) is 5.02. The second-order valence-electron chi connectivity index (χ2n) is 3.64. The van der Waals surface area contributed by atoms with Gasteiger partial charge in [0.1, 0.15) is 5.69 Å². The molecule has 0 aliphatic carbocycles. The summed E-state index contributed by atoms with van der Waals surface area (Å²) in [7, 11) is 0. The van der Waals surface area contributed by atoms with Gasteiger partial charge in [0.05, 0.1) is 6.21 Å². The van der Waals surface area contributed by atoms with Crippen LogP contribution in [0.3, 0.4) is 0 Å². The van der Waals surface area contributed by atoms with Gasteiger partial charge < -0.3 is 15.8 Å². The van der Waals surface area contributed by atoms with E-state index in [0.717, 1.165) is 0 Å². The summed E-state index contributed by atoms with van der Waals surface area (Å²) in [5.41, 5.74) is 8.66. The number of halogens is 1. The van der Waals surface area contributed by atoms with Gasteiger partial charge in [-0.05, 0) is 30.4 Å². The van der Waals surface area contributed by atoms with Crippen molar-refractivity contribution >= 4 is 52.0 Å².